The van der Waals surface area contributed by atoms with Gasteiger partial charge in [0, 0.05) is 10.7 Å². The van der Waals surface area contributed by atoms with Gasteiger partial charge >= 0.3 is 6.03 Å². The van der Waals surface area contributed by atoms with Gasteiger partial charge in [0.05, 0.1) is 34.3 Å². The van der Waals surface area contributed by atoms with Gasteiger partial charge in [-0.15, -0.1) is 0 Å². The van der Waals surface area contributed by atoms with Gasteiger partial charge in [-0.3, -0.25) is 9.80 Å². The number of amides is 2. The van der Waals surface area contributed by atoms with Crippen LogP contribution in [0.1, 0.15) is 0 Å². The van der Waals surface area contributed by atoms with Gasteiger partial charge in [0.25, 0.3) is 0 Å². The van der Waals surface area contributed by atoms with E-state index in [4.69, 9.17) is 23.2 Å². The largest absolute Gasteiger partial charge is 0.329 e. The van der Waals surface area contributed by atoms with Crippen LogP contribution < -0.4 is 9.80 Å². The van der Waals surface area contributed by atoms with Crippen LogP contribution >= 0.6 is 23.2 Å². The van der Waals surface area contributed by atoms with E-state index in [0.29, 0.717) is 21.4 Å². The summed E-state index contributed by atoms with van der Waals surface area (Å²) in [7, 11) is -3.24. The predicted molar refractivity (Wildman–Crippen MR) is 99.5 cm³/mol. The maximum atomic E-state index is 13.1. The molecule has 2 aliphatic rings. The summed E-state index contributed by atoms with van der Waals surface area (Å²) >= 11 is 12.2. The Balaban J connectivity index is 1.83. The standard InChI is InChI=1S/C17H14Cl2N2O3S/c18-11-5-7-12(8-6-11)20-15-9-25(23,24)10-16(15)21(17(20)22)14-4-2-1-3-13(14)19/h1-8,15-16H,9-10H2/t15-,16+/m1/s1. The molecule has 130 valence electrons. The average Bonchev–Trinajstić information content (AvgIpc) is 2.99. The van der Waals surface area contributed by atoms with Crippen LogP contribution in [0.15, 0.2) is 48.5 Å². The maximum absolute atomic E-state index is 13.1. The monoisotopic (exact) mass is 396 g/mol. The number of rotatable bonds is 2. The Morgan fingerprint density at radius 3 is 2.12 bits per heavy atom. The zero-order valence-electron chi connectivity index (χ0n) is 13.0. The Labute approximate surface area is 155 Å². The van der Waals surface area contributed by atoms with Gasteiger partial charge in [-0.25, -0.2) is 13.2 Å². The van der Waals surface area contributed by atoms with Crippen molar-refractivity contribution in [2.24, 2.45) is 0 Å². The SMILES string of the molecule is O=C1N(c2ccc(Cl)cc2)[C@@H]2CS(=O)(=O)C[C@@H]2N1c1ccccc1Cl. The molecule has 2 aromatic carbocycles. The minimum atomic E-state index is -3.24. The molecule has 2 aliphatic heterocycles. The number of para-hydroxylation sites is 1. The average molecular weight is 397 g/mol. The lowest BCUT2D eigenvalue weighted by Crippen LogP contribution is -2.38. The van der Waals surface area contributed by atoms with Crippen molar-refractivity contribution >= 4 is 50.4 Å². The van der Waals surface area contributed by atoms with Crippen molar-refractivity contribution < 1.29 is 13.2 Å². The summed E-state index contributed by atoms with van der Waals surface area (Å²) in [4.78, 5) is 16.2. The van der Waals surface area contributed by atoms with Gasteiger partial charge in [0.1, 0.15) is 0 Å². The second-order valence-corrected chi connectivity index (χ2v) is 9.16. The number of urea groups is 1. The number of fused-ring (bicyclic) bond motifs is 1. The molecule has 0 N–H and O–H groups in total. The normalized spacial score (nSPS) is 24.6. The number of nitrogens with zero attached hydrogens (tertiary/aromatic N) is 2. The van der Waals surface area contributed by atoms with Crippen molar-refractivity contribution in [2.45, 2.75) is 12.1 Å². The zero-order chi connectivity index (χ0) is 17.8. The van der Waals surface area contributed by atoms with E-state index >= 15 is 0 Å². The number of sulfone groups is 1. The van der Waals surface area contributed by atoms with Crippen LogP contribution in [0.4, 0.5) is 16.2 Å². The molecule has 2 fully saturated rings. The van der Waals surface area contributed by atoms with E-state index in [1.165, 1.54) is 9.80 Å². The van der Waals surface area contributed by atoms with Gasteiger partial charge in [-0.1, -0.05) is 35.3 Å². The number of carbonyl (C=O) groups excluding carboxylic acids is 1. The molecule has 2 amide bonds. The van der Waals surface area contributed by atoms with Crippen LogP contribution in [0, 0.1) is 0 Å². The molecule has 2 heterocycles. The molecule has 0 radical (unpaired) electrons. The molecule has 0 saturated carbocycles. The Kier molecular flexibility index (Phi) is 3.94. The van der Waals surface area contributed by atoms with Crippen LogP contribution in [0.2, 0.25) is 10.0 Å². The van der Waals surface area contributed by atoms with Crippen LogP contribution in [0.5, 0.6) is 0 Å². The Hall–Kier alpha value is -1.76. The summed E-state index contributed by atoms with van der Waals surface area (Å²) in [5.41, 5.74) is 1.15. The molecule has 5 nitrogen and oxygen atoms in total. The lowest BCUT2D eigenvalue weighted by Gasteiger charge is -2.23. The summed E-state index contributed by atoms with van der Waals surface area (Å²) in [6, 6.07) is 12.6. The molecule has 0 aliphatic carbocycles. The number of carbonyl (C=O) groups is 1. The number of benzene rings is 2. The summed E-state index contributed by atoms with van der Waals surface area (Å²) in [6.45, 7) is 0. The van der Waals surface area contributed by atoms with Crippen molar-refractivity contribution in [3.63, 3.8) is 0 Å². The first-order chi connectivity index (χ1) is 11.9. The van der Waals surface area contributed by atoms with E-state index in [1.807, 2.05) is 0 Å². The summed E-state index contributed by atoms with van der Waals surface area (Å²) in [5.74, 6) is -0.133. The maximum Gasteiger partial charge on any atom is 0.329 e. The Bertz CT molecular complexity index is 947. The van der Waals surface area contributed by atoms with Crippen molar-refractivity contribution in [1.82, 2.24) is 0 Å². The van der Waals surface area contributed by atoms with Crippen molar-refractivity contribution in [2.75, 3.05) is 21.3 Å². The highest BCUT2D eigenvalue weighted by Gasteiger charge is 2.54. The van der Waals surface area contributed by atoms with Gasteiger partial charge in [-0.05, 0) is 36.4 Å². The van der Waals surface area contributed by atoms with Crippen LogP contribution in [0.3, 0.4) is 0 Å². The molecule has 2 atom stereocenters. The third-order valence-electron chi connectivity index (χ3n) is 4.59. The van der Waals surface area contributed by atoms with E-state index in [2.05, 4.69) is 0 Å². The first kappa shape index (κ1) is 16.7. The fourth-order valence-corrected chi connectivity index (χ4v) is 5.81. The number of hydrogen-bond donors (Lipinski definition) is 0. The zero-order valence-corrected chi connectivity index (χ0v) is 15.3. The molecule has 0 spiro atoms. The van der Waals surface area contributed by atoms with Gasteiger partial charge in [0.2, 0.25) is 0 Å². The molecule has 8 heteroatoms. The number of halogens is 2. The minimum Gasteiger partial charge on any atom is -0.288 e. The molecule has 2 aromatic rings. The molecule has 4 rings (SSSR count). The second kappa shape index (κ2) is 5.90. The van der Waals surface area contributed by atoms with E-state index in [9.17, 15) is 13.2 Å². The van der Waals surface area contributed by atoms with E-state index in [1.54, 1.807) is 48.5 Å². The first-order valence-corrected chi connectivity index (χ1v) is 10.3. The number of anilines is 2. The topological polar surface area (TPSA) is 57.7 Å². The third-order valence-corrected chi connectivity index (χ3v) is 6.86. The van der Waals surface area contributed by atoms with Crippen LogP contribution in [-0.4, -0.2) is 38.0 Å². The molecule has 2 saturated heterocycles. The van der Waals surface area contributed by atoms with E-state index < -0.39 is 21.9 Å². The van der Waals surface area contributed by atoms with Crippen LogP contribution in [0.25, 0.3) is 0 Å². The first-order valence-electron chi connectivity index (χ1n) is 7.70. The Morgan fingerprint density at radius 2 is 1.48 bits per heavy atom. The van der Waals surface area contributed by atoms with E-state index in [-0.39, 0.29) is 17.5 Å². The lowest BCUT2D eigenvalue weighted by atomic mass is 10.1. The number of hydrogen-bond acceptors (Lipinski definition) is 3. The summed E-state index contributed by atoms with van der Waals surface area (Å²) < 4.78 is 24.4. The molecular weight excluding hydrogens is 383 g/mol. The van der Waals surface area contributed by atoms with Gasteiger partial charge < -0.3 is 0 Å². The lowest BCUT2D eigenvalue weighted by molar-refractivity contribution is 0.255. The van der Waals surface area contributed by atoms with Crippen LogP contribution in [-0.2, 0) is 9.84 Å². The quantitative estimate of drug-likeness (QED) is 0.728. The predicted octanol–water partition coefficient (Wildman–Crippen LogP) is 3.61. The molecule has 0 bridgehead atoms. The van der Waals surface area contributed by atoms with Crippen molar-refractivity contribution in [1.29, 1.82) is 0 Å². The highest BCUT2D eigenvalue weighted by atomic mass is 35.5. The second-order valence-electron chi connectivity index (χ2n) is 6.16. The van der Waals surface area contributed by atoms with Gasteiger partial charge in [-0.2, -0.15) is 0 Å². The fourth-order valence-electron chi connectivity index (χ4n) is 3.54. The van der Waals surface area contributed by atoms with Gasteiger partial charge in [0.15, 0.2) is 9.84 Å². The van der Waals surface area contributed by atoms with E-state index in [0.717, 1.165) is 0 Å². The highest BCUT2D eigenvalue weighted by molar-refractivity contribution is 7.91. The molecule has 0 unspecified atom stereocenters. The highest BCUT2D eigenvalue weighted by Crippen LogP contribution is 2.40. The molecule has 25 heavy (non-hydrogen) atoms. The summed E-state index contributed by atoms with van der Waals surface area (Å²) in [6.07, 6.45) is 0. The van der Waals surface area contributed by atoms with Crippen molar-refractivity contribution in [3.8, 4) is 0 Å². The molecule has 0 aromatic heterocycles. The fraction of sp³-hybridized carbons (Fsp3) is 0.235. The molecular formula is C17H14Cl2N2O3S. The van der Waals surface area contributed by atoms with Crippen molar-refractivity contribution in [3.05, 3.63) is 58.6 Å². The summed E-state index contributed by atoms with van der Waals surface area (Å²) in [5, 5.41) is 0.964. The smallest absolute Gasteiger partial charge is 0.288 e. The minimum absolute atomic E-state index is 0.0625. The third kappa shape index (κ3) is 2.78. The Morgan fingerprint density at radius 1 is 0.880 bits per heavy atom.